The highest BCUT2D eigenvalue weighted by atomic mass is 14.9. The maximum Gasteiger partial charge on any atom is 0.0579 e. The van der Waals surface area contributed by atoms with Gasteiger partial charge in [0.1, 0.15) is 0 Å². The van der Waals surface area contributed by atoms with Gasteiger partial charge in [0.15, 0.2) is 0 Å². The van der Waals surface area contributed by atoms with E-state index in [1.807, 2.05) is 0 Å². The van der Waals surface area contributed by atoms with Crippen LogP contribution < -0.4 is 5.32 Å². The van der Waals surface area contributed by atoms with Crippen LogP contribution in [0.4, 0.5) is 0 Å². The minimum absolute atomic E-state index is 0.281. The molecule has 0 fully saturated rings. The first-order valence-electron chi connectivity index (χ1n) is 7.99. The first kappa shape index (κ1) is 15.8. The van der Waals surface area contributed by atoms with Crippen molar-refractivity contribution in [1.29, 1.82) is 0 Å². The van der Waals surface area contributed by atoms with Gasteiger partial charge in [0.2, 0.25) is 0 Å². The van der Waals surface area contributed by atoms with Crippen LogP contribution in [0.15, 0.2) is 48.5 Å². The van der Waals surface area contributed by atoms with Crippen LogP contribution in [0.5, 0.6) is 0 Å². The second-order valence-corrected chi connectivity index (χ2v) is 6.19. The molecule has 0 aliphatic carbocycles. The van der Waals surface area contributed by atoms with Crippen molar-refractivity contribution in [1.82, 2.24) is 5.32 Å². The molecule has 0 bridgehead atoms. The lowest BCUT2D eigenvalue weighted by atomic mass is 9.92. The number of nitrogens with one attached hydrogen (secondary N) is 1. The SMILES string of the molecule is CCNC(c1cccc(CC(C)C)c1)c1ccccc1C. The lowest BCUT2D eigenvalue weighted by Gasteiger charge is -2.22. The molecule has 2 rings (SSSR count). The Balaban J connectivity index is 2.36. The molecular formula is C20H27N. The molecule has 1 N–H and O–H groups in total. The first-order valence-corrected chi connectivity index (χ1v) is 7.99. The molecule has 0 saturated heterocycles. The molecule has 0 spiro atoms. The Morgan fingerprint density at radius 3 is 2.43 bits per heavy atom. The van der Waals surface area contributed by atoms with Gasteiger partial charge >= 0.3 is 0 Å². The van der Waals surface area contributed by atoms with E-state index in [1.165, 1.54) is 22.3 Å². The summed E-state index contributed by atoms with van der Waals surface area (Å²) in [5.41, 5.74) is 5.52. The van der Waals surface area contributed by atoms with E-state index in [4.69, 9.17) is 0 Å². The van der Waals surface area contributed by atoms with Crippen molar-refractivity contribution in [3.63, 3.8) is 0 Å². The van der Waals surface area contributed by atoms with Gasteiger partial charge in [-0.3, -0.25) is 0 Å². The summed E-state index contributed by atoms with van der Waals surface area (Å²) in [6.07, 6.45) is 1.14. The van der Waals surface area contributed by atoms with E-state index in [2.05, 4.69) is 81.5 Å². The van der Waals surface area contributed by atoms with Gasteiger partial charge in [-0.1, -0.05) is 69.3 Å². The van der Waals surface area contributed by atoms with Crippen molar-refractivity contribution < 1.29 is 0 Å². The molecule has 0 radical (unpaired) electrons. The molecule has 1 heteroatoms. The Bertz CT molecular complexity index is 572. The molecule has 1 atom stereocenters. The Morgan fingerprint density at radius 1 is 1.00 bits per heavy atom. The zero-order valence-corrected chi connectivity index (χ0v) is 13.7. The zero-order valence-electron chi connectivity index (χ0n) is 13.7. The van der Waals surface area contributed by atoms with Gasteiger partial charge in [0, 0.05) is 0 Å². The predicted octanol–water partition coefficient (Wildman–Crippen LogP) is 4.89. The van der Waals surface area contributed by atoms with Crippen LogP contribution in [0.3, 0.4) is 0 Å². The number of hydrogen-bond acceptors (Lipinski definition) is 1. The second-order valence-electron chi connectivity index (χ2n) is 6.19. The predicted molar refractivity (Wildman–Crippen MR) is 91.7 cm³/mol. The van der Waals surface area contributed by atoms with Crippen LogP contribution in [0, 0.1) is 12.8 Å². The molecule has 0 aromatic heterocycles. The summed E-state index contributed by atoms with van der Waals surface area (Å²) >= 11 is 0. The van der Waals surface area contributed by atoms with E-state index >= 15 is 0 Å². The molecule has 112 valence electrons. The molecule has 0 heterocycles. The molecule has 1 unspecified atom stereocenters. The van der Waals surface area contributed by atoms with Crippen LogP contribution in [0.25, 0.3) is 0 Å². The maximum atomic E-state index is 3.64. The average molecular weight is 281 g/mol. The van der Waals surface area contributed by atoms with Gasteiger partial charge < -0.3 is 5.32 Å². The minimum Gasteiger partial charge on any atom is -0.307 e. The van der Waals surface area contributed by atoms with Crippen molar-refractivity contribution >= 4 is 0 Å². The smallest absolute Gasteiger partial charge is 0.0579 e. The fourth-order valence-corrected chi connectivity index (χ4v) is 2.89. The van der Waals surface area contributed by atoms with Crippen LogP contribution in [-0.2, 0) is 6.42 Å². The van der Waals surface area contributed by atoms with Gasteiger partial charge in [-0.25, -0.2) is 0 Å². The lowest BCUT2D eigenvalue weighted by molar-refractivity contribution is 0.621. The monoisotopic (exact) mass is 281 g/mol. The summed E-state index contributed by atoms with van der Waals surface area (Å²) in [6.45, 7) is 9.87. The highest BCUT2D eigenvalue weighted by molar-refractivity contribution is 5.38. The molecule has 0 aliphatic heterocycles. The van der Waals surface area contributed by atoms with Crippen LogP contribution in [0.2, 0.25) is 0 Å². The van der Waals surface area contributed by atoms with E-state index < -0.39 is 0 Å². The van der Waals surface area contributed by atoms with Crippen molar-refractivity contribution in [2.45, 2.75) is 40.2 Å². The van der Waals surface area contributed by atoms with Gasteiger partial charge in [0.05, 0.1) is 6.04 Å². The Kier molecular flexibility index (Phi) is 5.58. The lowest BCUT2D eigenvalue weighted by Crippen LogP contribution is -2.22. The fraction of sp³-hybridized carbons (Fsp3) is 0.400. The van der Waals surface area contributed by atoms with Gasteiger partial charge in [-0.15, -0.1) is 0 Å². The van der Waals surface area contributed by atoms with E-state index in [-0.39, 0.29) is 6.04 Å². The highest BCUT2D eigenvalue weighted by Gasteiger charge is 2.15. The number of aryl methyl sites for hydroxylation is 1. The fourth-order valence-electron chi connectivity index (χ4n) is 2.89. The van der Waals surface area contributed by atoms with Crippen LogP contribution in [-0.4, -0.2) is 6.54 Å². The molecular weight excluding hydrogens is 254 g/mol. The second kappa shape index (κ2) is 7.42. The molecule has 0 amide bonds. The number of hydrogen-bond donors (Lipinski definition) is 1. The highest BCUT2D eigenvalue weighted by Crippen LogP contribution is 2.26. The molecule has 2 aromatic carbocycles. The van der Waals surface area contributed by atoms with Crippen molar-refractivity contribution in [3.8, 4) is 0 Å². The summed E-state index contributed by atoms with van der Waals surface area (Å²) in [5.74, 6) is 0.691. The number of benzene rings is 2. The van der Waals surface area contributed by atoms with E-state index in [1.54, 1.807) is 0 Å². The third-order valence-corrected chi connectivity index (χ3v) is 3.84. The van der Waals surface area contributed by atoms with Crippen LogP contribution >= 0.6 is 0 Å². The number of rotatable bonds is 6. The largest absolute Gasteiger partial charge is 0.307 e. The molecule has 21 heavy (non-hydrogen) atoms. The molecule has 0 aliphatic rings. The summed E-state index contributed by atoms with van der Waals surface area (Å²) in [6, 6.07) is 18.0. The Hall–Kier alpha value is -1.60. The topological polar surface area (TPSA) is 12.0 Å². The van der Waals surface area contributed by atoms with Crippen LogP contribution in [0.1, 0.15) is 49.1 Å². The van der Waals surface area contributed by atoms with Gasteiger partial charge in [0.25, 0.3) is 0 Å². The average Bonchev–Trinajstić information content (AvgIpc) is 2.45. The quantitative estimate of drug-likeness (QED) is 0.794. The van der Waals surface area contributed by atoms with Crippen molar-refractivity contribution in [3.05, 3.63) is 70.8 Å². The van der Waals surface area contributed by atoms with E-state index in [9.17, 15) is 0 Å². The zero-order chi connectivity index (χ0) is 15.2. The van der Waals surface area contributed by atoms with Crippen molar-refractivity contribution in [2.24, 2.45) is 5.92 Å². The van der Waals surface area contributed by atoms with Crippen molar-refractivity contribution in [2.75, 3.05) is 6.54 Å². The first-order chi connectivity index (χ1) is 10.1. The molecule has 0 saturated carbocycles. The Labute approximate surface area is 129 Å². The third-order valence-electron chi connectivity index (χ3n) is 3.84. The third kappa shape index (κ3) is 4.18. The maximum absolute atomic E-state index is 3.64. The van der Waals surface area contributed by atoms with E-state index in [0.29, 0.717) is 5.92 Å². The summed E-state index contributed by atoms with van der Waals surface area (Å²) in [4.78, 5) is 0. The summed E-state index contributed by atoms with van der Waals surface area (Å²) in [7, 11) is 0. The summed E-state index contributed by atoms with van der Waals surface area (Å²) < 4.78 is 0. The van der Waals surface area contributed by atoms with Gasteiger partial charge in [-0.05, 0) is 48.1 Å². The Morgan fingerprint density at radius 2 is 1.76 bits per heavy atom. The standard InChI is InChI=1S/C20H27N/c1-5-21-20(19-12-7-6-9-16(19)4)18-11-8-10-17(14-18)13-15(2)3/h6-12,14-15,20-21H,5,13H2,1-4H3. The molecule has 2 aromatic rings. The van der Waals surface area contributed by atoms with Gasteiger partial charge in [-0.2, -0.15) is 0 Å². The minimum atomic E-state index is 0.281. The summed E-state index contributed by atoms with van der Waals surface area (Å²) in [5, 5.41) is 3.64. The van der Waals surface area contributed by atoms with E-state index in [0.717, 1.165) is 13.0 Å². The normalized spacial score (nSPS) is 12.6. The molecule has 1 nitrogen and oxygen atoms in total.